The van der Waals surface area contributed by atoms with E-state index >= 15 is 0 Å². The Labute approximate surface area is 255 Å². The van der Waals surface area contributed by atoms with E-state index in [-0.39, 0.29) is 18.0 Å². The molecule has 2 heterocycles. The normalized spacial score (nSPS) is 22.5. The SMILES string of the molecule is CN=S(=O)(NC1CN(S(=O)(=O)N(C)C)CC(N2c3ccccc3CCc3ccccc32)C1O)c1ccc(OC(F)(F)F)cc1. The van der Waals surface area contributed by atoms with Crippen molar-refractivity contribution in [2.24, 2.45) is 4.36 Å². The lowest BCUT2D eigenvalue weighted by Crippen LogP contribution is -2.66. The number of para-hydroxylation sites is 2. The molecule has 3 aromatic rings. The number of ether oxygens (including phenoxy) is 1. The number of benzene rings is 3. The molecule has 5 rings (SSSR count). The standard InChI is InChI=1S/C29H34F3N5O5S2/c1-33-43(39,23-16-14-22(15-17-23)42-29(30,31)32)34-24-18-36(44(40,41)35(2)3)19-27(28(24)38)37-25-10-6-4-8-20(25)12-13-21-9-5-7-11-26(21)37/h4-11,14-17,24,27-28,38H,12-13,18-19H2,1-3H3,(H,33,34,39). The third-order valence-corrected chi connectivity index (χ3v) is 11.7. The molecule has 2 aliphatic rings. The lowest BCUT2D eigenvalue weighted by Gasteiger charge is -2.47. The van der Waals surface area contributed by atoms with Crippen LogP contribution in [0.5, 0.6) is 5.75 Å². The maximum absolute atomic E-state index is 14.1. The number of aliphatic hydroxyl groups is 1. The molecule has 3 aromatic carbocycles. The molecule has 44 heavy (non-hydrogen) atoms. The molecule has 10 nitrogen and oxygen atoms in total. The first-order chi connectivity index (χ1) is 20.7. The molecule has 0 bridgehead atoms. The Morgan fingerprint density at radius 1 is 0.909 bits per heavy atom. The molecule has 1 fully saturated rings. The number of hydrogen-bond acceptors (Lipinski definition) is 7. The van der Waals surface area contributed by atoms with E-state index in [0.29, 0.717) is 0 Å². The summed E-state index contributed by atoms with van der Waals surface area (Å²) in [7, 11) is -3.46. The summed E-state index contributed by atoms with van der Waals surface area (Å²) < 4.78 is 92.4. The van der Waals surface area contributed by atoms with Gasteiger partial charge in [0.15, 0.2) is 0 Å². The van der Waals surface area contributed by atoms with Crippen molar-refractivity contribution in [3.05, 3.63) is 83.9 Å². The first kappa shape index (κ1) is 32.2. The molecule has 0 aromatic heterocycles. The van der Waals surface area contributed by atoms with Crippen LogP contribution in [0.15, 0.2) is 82.1 Å². The Hall–Kier alpha value is -3.21. The van der Waals surface area contributed by atoms with Crippen LogP contribution >= 0.6 is 0 Å². The zero-order valence-corrected chi connectivity index (χ0v) is 25.9. The molecule has 2 aliphatic heterocycles. The van der Waals surface area contributed by atoms with Gasteiger partial charge in [0.1, 0.15) is 15.7 Å². The summed E-state index contributed by atoms with van der Waals surface area (Å²) in [5.41, 5.74) is 3.71. The number of aliphatic hydroxyl groups excluding tert-OH is 1. The average Bonchev–Trinajstić information content (AvgIpc) is 3.14. The van der Waals surface area contributed by atoms with Crippen molar-refractivity contribution in [2.75, 3.05) is 39.1 Å². The number of nitrogens with one attached hydrogen (secondary N) is 1. The van der Waals surface area contributed by atoms with Gasteiger partial charge in [-0.05, 0) is 60.4 Å². The average molecular weight is 654 g/mol. The van der Waals surface area contributed by atoms with Crippen molar-refractivity contribution in [1.29, 1.82) is 0 Å². The summed E-state index contributed by atoms with van der Waals surface area (Å²) in [6.45, 7) is -0.312. The Morgan fingerprint density at radius 3 is 1.95 bits per heavy atom. The third kappa shape index (κ3) is 6.43. The Bertz CT molecular complexity index is 1680. The first-order valence-electron chi connectivity index (χ1n) is 13.8. The number of halogens is 3. The van der Waals surface area contributed by atoms with Crippen LogP contribution in [0.4, 0.5) is 24.5 Å². The van der Waals surface area contributed by atoms with Gasteiger partial charge in [0, 0.05) is 45.6 Å². The second-order valence-corrected chi connectivity index (χ2v) is 15.0. The molecule has 4 unspecified atom stereocenters. The molecule has 2 N–H and O–H groups in total. The topological polar surface area (TPSA) is 115 Å². The van der Waals surface area contributed by atoms with Crippen LogP contribution < -0.4 is 14.4 Å². The summed E-state index contributed by atoms with van der Waals surface area (Å²) in [6, 6.07) is 18.0. The highest BCUT2D eigenvalue weighted by atomic mass is 32.2. The number of rotatable bonds is 7. The third-order valence-electron chi connectivity index (χ3n) is 7.83. The minimum Gasteiger partial charge on any atom is -0.406 e. The summed E-state index contributed by atoms with van der Waals surface area (Å²) in [5, 5.41) is 12.0. The fourth-order valence-corrected chi connectivity index (χ4v) is 8.41. The van der Waals surface area contributed by atoms with E-state index in [0.717, 1.165) is 51.8 Å². The van der Waals surface area contributed by atoms with Crippen LogP contribution in [-0.4, -0.2) is 85.1 Å². The lowest BCUT2D eigenvalue weighted by molar-refractivity contribution is -0.274. The van der Waals surface area contributed by atoms with Gasteiger partial charge in [0.2, 0.25) is 0 Å². The minimum atomic E-state index is -4.90. The van der Waals surface area contributed by atoms with Gasteiger partial charge in [-0.25, -0.2) is 13.3 Å². The van der Waals surface area contributed by atoms with Crippen molar-refractivity contribution in [3.8, 4) is 5.75 Å². The van der Waals surface area contributed by atoms with Crippen molar-refractivity contribution >= 4 is 31.5 Å². The van der Waals surface area contributed by atoms with Gasteiger partial charge in [-0.2, -0.15) is 17.0 Å². The maximum Gasteiger partial charge on any atom is 0.573 e. The predicted octanol–water partition coefficient (Wildman–Crippen LogP) is 3.70. The van der Waals surface area contributed by atoms with Crippen LogP contribution in [0.25, 0.3) is 0 Å². The summed E-state index contributed by atoms with van der Waals surface area (Å²) >= 11 is 0. The quantitative estimate of drug-likeness (QED) is 0.402. The lowest BCUT2D eigenvalue weighted by atomic mass is 9.96. The van der Waals surface area contributed by atoms with E-state index in [2.05, 4.69) is 13.8 Å². The minimum absolute atomic E-state index is 0.0383. The van der Waals surface area contributed by atoms with E-state index < -0.39 is 50.4 Å². The second kappa shape index (κ2) is 12.3. The van der Waals surface area contributed by atoms with Gasteiger partial charge < -0.3 is 14.7 Å². The highest BCUT2D eigenvalue weighted by Gasteiger charge is 2.46. The van der Waals surface area contributed by atoms with Crippen LogP contribution in [0.3, 0.4) is 0 Å². The summed E-state index contributed by atoms with van der Waals surface area (Å²) in [4.78, 5) is 2.00. The molecule has 4 atom stereocenters. The van der Waals surface area contributed by atoms with E-state index in [1.165, 1.54) is 37.6 Å². The Morgan fingerprint density at radius 2 is 1.45 bits per heavy atom. The molecule has 0 saturated carbocycles. The van der Waals surface area contributed by atoms with Gasteiger partial charge in [0.05, 0.1) is 23.1 Å². The summed E-state index contributed by atoms with van der Waals surface area (Å²) in [6.07, 6.45) is -4.67. The number of aryl methyl sites for hydroxylation is 2. The molecule has 0 aliphatic carbocycles. The highest BCUT2D eigenvalue weighted by Crippen LogP contribution is 2.40. The van der Waals surface area contributed by atoms with Crippen molar-refractivity contribution < 1.29 is 35.6 Å². The van der Waals surface area contributed by atoms with E-state index in [1.807, 2.05) is 53.4 Å². The molecule has 0 amide bonds. The van der Waals surface area contributed by atoms with Crippen LogP contribution in [0.2, 0.25) is 0 Å². The largest absolute Gasteiger partial charge is 0.573 e. The van der Waals surface area contributed by atoms with Gasteiger partial charge in [-0.1, -0.05) is 36.4 Å². The highest BCUT2D eigenvalue weighted by molar-refractivity contribution is 7.91. The van der Waals surface area contributed by atoms with Crippen LogP contribution in [0, 0.1) is 0 Å². The zero-order valence-electron chi connectivity index (χ0n) is 24.3. The summed E-state index contributed by atoms with van der Waals surface area (Å²) in [5.74, 6) is -0.501. The van der Waals surface area contributed by atoms with E-state index in [4.69, 9.17) is 0 Å². The van der Waals surface area contributed by atoms with Crippen molar-refractivity contribution in [3.63, 3.8) is 0 Å². The Balaban J connectivity index is 1.57. The van der Waals surface area contributed by atoms with Gasteiger partial charge in [-0.3, -0.25) is 0 Å². The molecular formula is C29H34F3N5O5S2. The number of alkyl halides is 3. The fourth-order valence-electron chi connectivity index (χ4n) is 5.68. The molecule has 238 valence electrons. The van der Waals surface area contributed by atoms with Crippen LogP contribution in [0.1, 0.15) is 11.1 Å². The van der Waals surface area contributed by atoms with E-state index in [1.54, 1.807) is 0 Å². The molecule has 0 spiro atoms. The monoisotopic (exact) mass is 653 g/mol. The Kier molecular flexibility index (Phi) is 8.99. The number of nitrogens with zero attached hydrogens (tertiary/aromatic N) is 4. The number of anilines is 2. The molecule has 0 radical (unpaired) electrons. The van der Waals surface area contributed by atoms with Crippen LogP contribution in [-0.2, 0) is 33.0 Å². The smallest absolute Gasteiger partial charge is 0.406 e. The molecule has 1 saturated heterocycles. The number of fused-ring (bicyclic) bond motifs is 2. The van der Waals surface area contributed by atoms with Gasteiger partial charge in [-0.15, -0.1) is 13.2 Å². The second-order valence-electron chi connectivity index (χ2n) is 10.7. The predicted molar refractivity (Wildman–Crippen MR) is 161 cm³/mol. The fraction of sp³-hybridized carbons (Fsp3) is 0.379. The molecular weight excluding hydrogens is 619 g/mol. The molecule has 15 heteroatoms. The zero-order chi connectivity index (χ0) is 31.9. The number of hydrogen-bond donors (Lipinski definition) is 2. The number of piperidine rings is 1. The van der Waals surface area contributed by atoms with Crippen molar-refractivity contribution in [2.45, 2.75) is 42.3 Å². The van der Waals surface area contributed by atoms with Crippen molar-refractivity contribution in [1.82, 2.24) is 13.3 Å². The van der Waals surface area contributed by atoms with Gasteiger partial charge in [0.25, 0.3) is 10.2 Å². The first-order valence-corrected chi connectivity index (χ1v) is 16.7. The van der Waals surface area contributed by atoms with E-state index in [9.17, 15) is 30.9 Å². The van der Waals surface area contributed by atoms with Gasteiger partial charge >= 0.3 is 6.36 Å². The maximum atomic E-state index is 14.1.